The molecule has 0 aliphatic heterocycles. The summed E-state index contributed by atoms with van der Waals surface area (Å²) in [5, 5.41) is 10.2. The van der Waals surface area contributed by atoms with Gasteiger partial charge in [-0.15, -0.1) is 0 Å². The number of hydrogen-bond acceptors (Lipinski definition) is 2. The lowest BCUT2D eigenvalue weighted by atomic mass is 10.1. The van der Waals surface area contributed by atoms with E-state index in [0.29, 0.717) is 0 Å². The van der Waals surface area contributed by atoms with Gasteiger partial charge in [0.15, 0.2) is 0 Å². The van der Waals surface area contributed by atoms with Gasteiger partial charge >= 0.3 is 12.3 Å². The number of benzene rings is 2. The zero-order valence-electron chi connectivity index (χ0n) is 8.56. The number of halogens is 2. The number of carbonyl (C=O) groups is 1. The average molecular weight is 299 g/mol. The molecule has 17 heavy (non-hydrogen) atoms. The molecule has 1 atom stereocenters. The van der Waals surface area contributed by atoms with Crippen molar-refractivity contribution < 1.29 is 19.0 Å². The molecule has 2 aromatic rings. The zero-order chi connectivity index (χ0) is 12.4. The van der Waals surface area contributed by atoms with Crippen molar-refractivity contribution in [1.82, 2.24) is 0 Å². The molecule has 0 heterocycles. The van der Waals surface area contributed by atoms with E-state index in [-0.39, 0.29) is 5.75 Å². The molecule has 0 spiro atoms. The molecule has 0 bridgehead atoms. The van der Waals surface area contributed by atoms with E-state index in [9.17, 15) is 9.18 Å². The van der Waals surface area contributed by atoms with Gasteiger partial charge in [-0.1, -0.05) is 28.1 Å². The van der Waals surface area contributed by atoms with Crippen LogP contribution in [-0.4, -0.2) is 17.4 Å². The summed E-state index contributed by atoms with van der Waals surface area (Å²) in [6.45, 7) is 0. The predicted octanol–water partition coefficient (Wildman–Crippen LogP) is 3.36. The molecule has 5 heteroatoms. The molecule has 0 aliphatic carbocycles. The van der Waals surface area contributed by atoms with Crippen LogP contribution in [0, 0.1) is 0 Å². The topological polar surface area (TPSA) is 46.5 Å². The van der Waals surface area contributed by atoms with E-state index in [1.165, 1.54) is 6.07 Å². The van der Waals surface area contributed by atoms with Gasteiger partial charge in [-0.25, -0.2) is 4.79 Å². The summed E-state index contributed by atoms with van der Waals surface area (Å²) < 4.78 is 18.4. The molecule has 0 aromatic heterocycles. The van der Waals surface area contributed by atoms with Crippen molar-refractivity contribution >= 4 is 32.7 Å². The molecule has 1 unspecified atom stereocenters. The molecule has 2 aromatic carbocycles. The zero-order valence-corrected chi connectivity index (χ0v) is 10.1. The number of alkyl halides is 1. The Morgan fingerprint density at radius 1 is 1.24 bits per heavy atom. The molecule has 0 aliphatic rings. The van der Waals surface area contributed by atoms with Crippen molar-refractivity contribution in [2.45, 2.75) is 6.36 Å². The van der Waals surface area contributed by atoms with Gasteiger partial charge in [0, 0.05) is 4.47 Å². The van der Waals surface area contributed by atoms with Crippen LogP contribution in [0.1, 0.15) is 0 Å². The van der Waals surface area contributed by atoms with Crippen LogP contribution in [0.2, 0.25) is 0 Å². The minimum Gasteiger partial charge on any atom is -0.476 e. The highest BCUT2D eigenvalue weighted by atomic mass is 79.9. The van der Waals surface area contributed by atoms with Crippen molar-refractivity contribution in [1.29, 1.82) is 0 Å². The second-order valence-electron chi connectivity index (χ2n) is 3.43. The smallest absolute Gasteiger partial charge is 0.378 e. The summed E-state index contributed by atoms with van der Waals surface area (Å²) in [5.74, 6) is -1.45. The third kappa shape index (κ3) is 2.74. The summed E-state index contributed by atoms with van der Waals surface area (Å²) in [4.78, 5) is 10.3. The fourth-order valence-corrected chi connectivity index (χ4v) is 1.82. The maximum Gasteiger partial charge on any atom is 0.378 e. The Morgan fingerprint density at radius 2 is 1.88 bits per heavy atom. The van der Waals surface area contributed by atoms with Gasteiger partial charge in [0.25, 0.3) is 0 Å². The van der Waals surface area contributed by atoms with Crippen molar-refractivity contribution in [3.63, 3.8) is 0 Å². The fourth-order valence-electron chi connectivity index (χ4n) is 1.44. The first-order chi connectivity index (χ1) is 8.06. The summed E-state index contributed by atoms with van der Waals surface area (Å²) in [7, 11) is 0. The standard InChI is InChI=1S/C12H8BrFO3/c13-9-3-1-8-6-10(4-2-7(8)5-9)17-11(14)12(15)16/h1-6,11H,(H,15,16). The first-order valence-corrected chi connectivity index (χ1v) is 5.58. The molecule has 0 saturated carbocycles. The van der Waals surface area contributed by atoms with Gasteiger partial charge in [0.2, 0.25) is 0 Å². The first kappa shape index (κ1) is 11.9. The Bertz CT molecular complexity index is 571. The van der Waals surface area contributed by atoms with Crippen molar-refractivity contribution in [2.24, 2.45) is 0 Å². The van der Waals surface area contributed by atoms with Crippen LogP contribution in [0.4, 0.5) is 4.39 Å². The normalized spacial score (nSPS) is 12.4. The molecule has 88 valence electrons. The second kappa shape index (κ2) is 4.71. The van der Waals surface area contributed by atoms with E-state index < -0.39 is 12.3 Å². The van der Waals surface area contributed by atoms with Gasteiger partial charge in [0.05, 0.1) is 0 Å². The highest BCUT2D eigenvalue weighted by Gasteiger charge is 2.17. The maximum atomic E-state index is 12.8. The van der Waals surface area contributed by atoms with E-state index in [1.54, 1.807) is 12.1 Å². The van der Waals surface area contributed by atoms with Gasteiger partial charge < -0.3 is 9.84 Å². The second-order valence-corrected chi connectivity index (χ2v) is 4.34. The summed E-state index contributed by atoms with van der Waals surface area (Å²) in [5.41, 5.74) is 0. The lowest BCUT2D eigenvalue weighted by molar-refractivity contribution is -0.153. The summed E-state index contributed by atoms with van der Waals surface area (Å²) in [6, 6.07) is 10.4. The summed E-state index contributed by atoms with van der Waals surface area (Å²) in [6.07, 6.45) is -2.34. The van der Waals surface area contributed by atoms with Crippen LogP contribution in [0.25, 0.3) is 10.8 Å². The molecular weight excluding hydrogens is 291 g/mol. The minimum absolute atomic E-state index is 0.190. The lowest BCUT2D eigenvalue weighted by Crippen LogP contribution is -2.21. The van der Waals surface area contributed by atoms with E-state index in [1.807, 2.05) is 18.2 Å². The Morgan fingerprint density at radius 3 is 2.59 bits per heavy atom. The van der Waals surface area contributed by atoms with E-state index in [0.717, 1.165) is 15.2 Å². The third-order valence-corrected chi connectivity index (χ3v) is 2.70. The molecule has 0 radical (unpaired) electrons. The quantitative estimate of drug-likeness (QED) is 0.945. The highest BCUT2D eigenvalue weighted by Crippen LogP contribution is 2.24. The van der Waals surface area contributed by atoms with E-state index in [2.05, 4.69) is 20.7 Å². The van der Waals surface area contributed by atoms with Gasteiger partial charge in [-0.3, -0.25) is 0 Å². The maximum absolute atomic E-state index is 12.8. The van der Waals surface area contributed by atoms with Crippen molar-refractivity contribution in [3.8, 4) is 5.75 Å². The van der Waals surface area contributed by atoms with Crippen molar-refractivity contribution in [3.05, 3.63) is 40.9 Å². The monoisotopic (exact) mass is 298 g/mol. The minimum atomic E-state index is -2.34. The Labute approximate surface area is 105 Å². The van der Waals surface area contributed by atoms with Crippen LogP contribution < -0.4 is 4.74 Å². The number of carboxylic acid groups (broad SMARTS) is 1. The predicted molar refractivity (Wildman–Crippen MR) is 64.8 cm³/mol. The molecule has 3 nitrogen and oxygen atoms in total. The number of fused-ring (bicyclic) bond motifs is 1. The fraction of sp³-hybridized carbons (Fsp3) is 0.0833. The van der Waals surface area contributed by atoms with Gasteiger partial charge in [0.1, 0.15) is 5.75 Å². The molecule has 2 rings (SSSR count). The lowest BCUT2D eigenvalue weighted by Gasteiger charge is -2.08. The Balaban J connectivity index is 2.32. The van der Waals surface area contributed by atoms with Gasteiger partial charge in [-0.05, 0) is 35.0 Å². The molecule has 0 fully saturated rings. The molecule has 1 N–H and O–H groups in total. The van der Waals surface area contributed by atoms with Crippen LogP contribution in [0.5, 0.6) is 5.75 Å². The van der Waals surface area contributed by atoms with Crippen LogP contribution >= 0.6 is 15.9 Å². The highest BCUT2D eigenvalue weighted by molar-refractivity contribution is 9.10. The largest absolute Gasteiger partial charge is 0.476 e. The SMILES string of the molecule is O=C(O)C(F)Oc1ccc2cc(Br)ccc2c1. The molecular formula is C12H8BrFO3. The van der Waals surface area contributed by atoms with Crippen LogP contribution in [-0.2, 0) is 4.79 Å². The number of aliphatic carboxylic acids is 1. The number of hydrogen-bond donors (Lipinski definition) is 1. The Kier molecular flexibility index (Phi) is 3.28. The Hall–Kier alpha value is -1.62. The first-order valence-electron chi connectivity index (χ1n) is 4.79. The van der Waals surface area contributed by atoms with E-state index in [4.69, 9.17) is 5.11 Å². The van der Waals surface area contributed by atoms with Gasteiger partial charge in [-0.2, -0.15) is 4.39 Å². The average Bonchev–Trinajstić information content (AvgIpc) is 2.29. The van der Waals surface area contributed by atoms with E-state index >= 15 is 0 Å². The molecule has 0 saturated heterocycles. The third-order valence-electron chi connectivity index (χ3n) is 2.21. The number of ether oxygens (including phenoxy) is 1. The number of carboxylic acids is 1. The van der Waals surface area contributed by atoms with Crippen LogP contribution in [0.3, 0.4) is 0 Å². The summed E-state index contributed by atoms with van der Waals surface area (Å²) >= 11 is 3.34. The number of rotatable bonds is 3. The molecule has 0 amide bonds. The van der Waals surface area contributed by atoms with Crippen LogP contribution in [0.15, 0.2) is 40.9 Å². The van der Waals surface area contributed by atoms with Crippen molar-refractivity contribution in [2.75, 3.05) is 0 Å².